The van der Waals surface area contributed by atoms with Crippen molar-refractivity contribution in [3.05, 3.63) is 72.8 Å². The first-order valence-electron chi connectivity index (χ1n) is 4.91. The number of isocyanates is 2. The van der Waals surface area contributed by atoms with Gasteiger partial charge in [0.2, 0.25) is 12.2 Å². The monoisotopic (exact) mass is 342 g/mol. The normalized spacial score (nSPS) is 5.09. The van der Waals surface area contributed by atoms with E-state index in [2.05, 4.69) is 0 Å². The van der Waals surface area contributed by atoms with Gasteiger partial charge in [-0.15, -0.1) is 0 Å². The Kier molecular flexibility index (Phi) is 71.5. The summed E-state index contributed by atoms with van der Waals surface area (Å²) in [6, 6.07) is 24.0. The molecule has 0 aliphatic rings. The van der Waals surface area contributed by atoms with Crippen molar-refractivity contribution in [2.45, 2.75) is 14.9 Å². The van der Waals surface area contributed by atoms with Crippen LogP contribution in [-0.4, -0.2) is 12.2 Å². The highest BCUT2D eigenvalue weighted by molar-refractivity contribution is 7.59. The maximum Gasteiger partial charge on any atom is 0.231 e. The van der Waals surface area contributed by atoms with Crippen molar-refractivity contribution in [3.8, 4) is 0 Å². The van der Waals surface area contributed by atoms with Gasteiger partial charge in [0.05, 0.1) is 0 Å². The van der Waals surface area contributed by atoms with Gasteiger partial charge in [0.1, 0.15) is 0 Å². The first kappa shape index (κ1) is 36.8. The molecule has 2 rings (SSSR count). The summed E-state index contributed by atoms with van der Waals surface area (Å²) in [6.07, 6.45) is 1.50. The third-order valence-corrected chi connectivity index (χ3v) is 1.33. The summed E-state index contributed by atoms with van der Waals surface area (Å²) in [5.74, 6) is 0. The first-order chi connectivity index (χ1) is 8.83. The van der Waals surface area contributed by atoms with Crippen molar-refractivity contribution in [2.75, 3.05) is 0 Å². The van der Waals surface area contributed by atoms with Gasteiger partial charge in [-0.05, 0) is 0 Å². The highest BCUT2D eigenvalue weighted by atomic mass is 32.1. The molecule has 0 saturated heterocycles. The Morgan fingerprint density at radius 2 is 0.500 bits per heavy atom. The molecular formula is C16H26N2O2S2. The van der Waals surface area contributed by atoms with Crippen LogP contribution in [0.4, 0.5) is 0 Å². The van der Waals surface area contributed by atoms with Crippen molar-refractivity contribution in [2.24, 2.45) is 0 Å². The first-order valence-corrected chi connectivity index (χ1v) is 4.91. The molecule has 2 aromatic carbocycles. The van der Waals surface area contributed by atoms with Crippen LogP contribution in [0.15, 0.2) is 72.8 Å². The summed E-state index contributed by atoms with van der Waals surface area (Å²) in [7, 11) is 0. The fourth-order valence-electron chi connectivity index (χ4n) is 0.770. The van der Waals surface area contributed by atoms with Crippen molar-refractivity contribution < 1.29 is 9.59 Å². The summed E-state index contributed by atoms with van der Waals surface area (Å²) in [5.41, 5.74) is 0. The molecule has 0 amide bonds. The number of nitrogens with one attached hydrogen (secondary N) is 2. The molecule has 124 valence electrons. The molecule has 2 N–H and O–H groups in total. The molecule has 0 aromatic heterocycles. The van der Waals surface area contributed by atoms with E-state index in [0.29, 0.717) is 0 Å². The number of rotatable bonds is 0. The fraction of sp³-hybridized carbons (Fsp3) is 0.125. The SMILES string of the molecule is C.C.N=C=O.N=C=O.S.S.c1ccccc1.c1ccccc1. The summed E-state index contributed by atoms with van der Waals surface area (Å²) in [6.45, 7) is 0. The van der Waals surface area contributed by atoms with Gasteiger partial charge < -0.3 is 0 Å². The highest BCUT2D eigenvalue weighted by Crippen LogP contribution is 1.80. The topological polar surface area (TPSA) is 81.8 Å². The lowest BCUT2D eigenvalue weighted by Crippen LogP contribution is -1.47. The summed E-state index contributed by atoms with van der Waals surface area (Å²) < 4.78 is 0. The van der Waals surface area contributed by atoms with Crippen LogP contribution in [0.1, 0.15) is 14.9 Å². The van der Waals surface area contributed by atoms with E-state index >= 15 is 0 Å². The van der Waals surface area contributed by atoms with Crippen LogP contribution in [0.3, 0.4) is 0 Å². The maximum absolute atomic E-state index is 8.35. The lowest BCUT2D eigenvalue weighted by molar-refractivity contribution is 0.562. The van der Waals surface area contributed by atoms with E-state index in [0.717, 1.165) is 12.2 Å². The lowest BCUT2D eigenvalue weighted by atomic mass is 10.4. The van der Waals surface area contributed by atoms with Gasteiger partial charge in [-0.25, -0.2) is 20.4 Å². The van der Waals surface area contributed by atoms with Crippen LogP contribution in [0, 0.1) is 10.8 Å². The minimum Gasteiger partial charge on any atom is -0.222 e. The molecule has 0 aliphatic carbocycles. The molecule has 0 spiro atoms. The van der Waals surface area contributed by atoms with Crippen LogP contribution in [-0.2, 0) is 9.59 Å². The third-order valence-electron chi connectivity index (χ3n) is 1.33. The fourth-order valence-corrected chi connectivity index (χ4v) is 0.770. The van der Waals surface area contributed by atoms with E-state index in [1.165, 1.54) is 0 Å². The number of benzene rings is 2. The molecule has 22 heavy (non-hydrogen) atoms. The van der Waals surface area contributed by atoms with Gasteiger partial charge in [0.15, 0.2) is 0 Å². The smallest absolute Gasteiger partial charge is 0.222 e. The highest BCUT2D eigenvalue weighted by Gasteiger charge is 1.58. The lowest BCUT2D eigenvalue weighted by Gasteiger charge is -1.69. The van der Waals surface area contributed by atoms with Crippen LogP contribution in [0.5, 0.6) is 0 Å². The van der Waals surface area contributed by atoms with Gasteiger partial charge in [0.25, 0.3) is 0 Å². The van der Waals surface area contributed by atoms with Gasteiger partial charge in [0, 0.05) is 0 Å². The molecule has 0 aliphatic heterocycles. The molecule has 4 nitrogen and oxygen atoms in total. The van der Waals surface area contributed by atoms with E-state index in [1.807, 2.05) is 72.8 Å². The molecule has 0 heterocycles. The Bertz CT molecular complexity index is 331. The molecule has 0 bridgehead atoms. The van der Waals surface area contributed by atoms with Gasteiger partial charge >= 0.3 is 0 Å². The Hall–Kier alpha value is -2.10. The zero-order valence-corrected chi connectivity index (χ0v) is 12.7. The van der Waals surface area contributed by atoms with E-state index < -0.39 is 0 Å². The Morgan fingerprint density at radius 1 is 0.455 bits per heavy atom. The molecule has 0 atom stereocenters. The Balaban J connectivity index is -0.0000000384. The molecule has 0 unspecified atom stereocenters. The predicted molar refractivity (Wildman–Crippen MR) is 104 cm³/mol. The maximum atomic E-state index is 8.35. The Labute approximate surface area is 147 Å². The molecule has 2 aromatic rings. The van der Waals surface area contributed by atoms with Crippen molar-refractivity contribution in [3.63, 3.8) is 0 Å². The van der Waals surface area contributed by atoms with Crippen molar-refractivity contribution in [1.82, 2.24) is 0 Å². The van der Waals surface area contributed by atoms with E-state index in [9.17, 15) is 0 Å². The summed E-state index contributed by atoms with van der Waals surface area (Å²) in [4.78, 5) is 16.7. The van der Waals surface area contributed by atoms with Crippen molar-refractivity contribution in [1.29, 1.82) is 10.8 Å². The van der Waals surface area contributed by atoms with Crippen LogP contribution >= 0.6 is 27.0 Å². The van der Waals surface area contributed by atoms with Gasteiger partial charge in [-0.1, -0.05) is 87.6 Å². The van der Waals surface area contributed by atoms with Crippen LogP contribution in [0.25, 0.3) is 0 Å². The molecule has 6 heteroatoms. The number of hydrogen-bond acceptors (Lipinski definition) is 4. The minimum atomic E-state index is 0. The largest absolute Gasteiger partial charge is 0.231 e. The van der Waals surface area contributed by atoms with Gasteiger partial charge in [-0.2, -0.15) is 27.0 Å². The number of carbonyl (C=O) groups excluding carboxylic acids is 2. The van der Waals surface area contributed by atoms with E-state index in [1.54, 1.807) is 0 Å². The van der Waals surface area contributed by atoms with Crippen LogP contribution < -0.4 is 0 Å². The Morgan fingerprint density at radius 3 is 0.545 bits per heavy atom. The second-order valence-corrected chi connectivity index (χ2v) is 2.51. The van der Waals surface area contributed by atoms with Crippen molar-refractivity contribution >= 4 is 39.2 Å². The predicted octanol–water partition coefficient (Wildman–Crippen LogP) is 4.67. The number of hydrogen-bond donors (Lipinski definition) is 2. The van der Waals surface area contributed by atoms with E-state index in [4.69, 9.17) is 20.4 Å². The zero-order valence-electron chi connectivity index (χ0n) is 10.7. The molecule has 0 radical (unpaired) electrons. The second-order valence-electron chi connectivity index (χ2n) is 2.51. The quantitative estimate of drug-likeness (QED) is 0.538. The summed E-state index contributed by atoms with van der Waals surface area (Å²) in [5, 5.41) is 10.8. The third kappa shape index (κ3) is 52.2. The van der Waals surface area contributed by atoms with Gasteiger partial charge in [-0.3, -0.25) is 0 Å². The summed E-state index contributed by atoms with van der Waals surface area (Å²) >= 11 is 0. The van der Waals surface area contributed by atoms with Crippen LogP contribution in [0.2, 0.25) is 0 Å². The standard InChI is InChI=1S/2C6H6.2CHNO.2CH4.2H2S/c2*1-2-4-6-5-3-1;2*2-1-3;;;;/h2*1-6H;2*2H;2*1H4;2*1H2. The average Bonchev–Trinajstić information content (AvgIpc) is 2.45. The van der Waals surface area contributed by atoms with E-state index in [-0.39, 0.29) is 41.8 Å². The minimum absolute atomic E-state index is 0. The molecular weight excluding hydrogens is 316 g/mol. The average molecular weight is 343 g/mol. The molecule has 0 fully saturated rings. The second kappa shape index (κ2) is 42.8. The molecule has 0 saturated carbocycles. The zero-order chi connectivity index (χ0) is 13.9.